The Bertz CT molecular complexity index is 821. The van der Waals surface area contributed by atoms with Gasteiger partial charge in [0.25, 0.3) is 0 Å². The van der Waals surface area contributed by atoms with Crippen LogP contribution in [0.5, 0.6) is 11.5 Å². The zero-order valence-corrected chi connectivity index (χ0v) is 14.7. The highest BCUT2D eigenvalue weighted by atomic mass is 16.6. The molecule has 2 aromatic carbocycles. The topological polar surface area (TPSA) is 85.6 Å². The minimum atomic E-state index is -0.551. The Balaban J connectivity index is 1.94. The Morgan fingerprint density at radius 2 is 1.81 bits per heavy atom. The first kappa shape index (κ1) is 19.0. The molecule has 2 rings (SSSR count). The van der Waals surface area contributed by atoms with E-state index in [-0.39, 0.29) is 19.0 Å². The minimum absolute atomic E-state index is 0.0218. The number of rotatable bonds is 8. The summed E-state index contributed by atoms with van der Waals surface area (Å²) < 4.78 is 16.0. The average molecular weight is 353 g/mol. The third kappa shape index (κ3) is 5.35. The predicted molar refractivity (Wildman–Crippen MR) is 94.1 cm³/mol. The van der Waals surface area contributed by atoms with Gasteiger partial charge in [0.15, 0.2) is 12.4 Å². The molecule has 6 nitrogen and oxygen atoms in total. The highest BCUT2D eigenvalue weighted by Gasteiger charge is 2.11. The highest BCUT2D eigenvalue weighted by molar-refractivity contribution is 5.94. The van der Waals surface area contributed by atoms with Crippen LogP contribution in [0.3, 0.4) is 0 Å². The van der Waals surface area contributed by atoms with Crippen LogP contribution in [0.25, 0.3) is 0 Å². The van der Waals surface area contributed by atoms with Gasteiger partial charge in [-0.3, -0.25) is 4.79 Å². The SMILES string of the molecule is CCOc1ccc(C(C)=O)cc1COC(=O)COc1ccc(C#N)cc1. The quantitative estimate of drug-likeness (QED) is 0.535. The molecule has 0 atom stereocenters. The Morgan fingerprint density at radius 1 is 1.08 bits per heavy atom. The molecule has 0 saturated heterocycles. The number of hydrogen-bond acceptors (Lipinski definition) is 6. The van der Waals surface area contributed by atoms with Gasteiger partial charge in [0, 0.05) is 11.1 Å². The van der Waals surface area contributed by atoms with E-state index in [0.717, 1.165) is 0 Å². The van der Waals surface area contributed by atoms with Gasteiger partial charge < -0.3 is 14.2 Å². The van der Waals surface area contributed by atoms with Crippen LogP contribution in [-0.2, 0) is 16.1 Å². The molecule has 0 aromatic heterocycles. The molecular formula is C20H19NO5. The summed E-state index contributed by atoms with van der Waals surface area (Å²) in [7, 11) is 0. The van der Waals surface area contributed by atoms with Gasteiger partial charge in [-0.15, -0.1) is 0 Å². The Labute approximate surface area is 151 Å². The number of nitrogens with zero attached hydrogens (tertiary/aromatic N) is 1. The van der Waals surface area contributed by atoms with E-state index in [9.17, 15) is 9.59 Å². The van der Waals surface area contributed by atoms with Crippen LogP contribution in [0, 0.1) is 11.3 Å². The van der Waals surface area contributed by atoms with Crippen LogP contribution in [0.1, 0.15) is 35.3 Å². The summed E-state index contributed by atoms with van der Waals surface area (Å²) in [6.07, 6.45) is 0. The predicted octanol–water partition coefficient (Wildman–Crippen LogP) is 3.28. The second-order valence-corrected chi connectivity index (χ2v) is 5.40. The molecule has 6 heteroatoms. The largest absolute Gasteiger partial charge is 0.493 e. The van der Waals surface area contributed by atoms with Crippen LogP contribution in [0.4, 0.5) is 0 Å². The van der Waals surface area contributed by atoms with Crippen molar-refractivity contribution in [2.75, 3.05) is 13.2 Å². The van der Waals surface area contributed by atoms with Crippen molar-refractivity contribution in [3.05, 3.63) is 59.2 Å². The van der Waals surface area contributed by atoms with Crippen molar-refractivity contribution < 1.29 is 23.8 Å². The molecule has 0 aliphatic heterocycles. The lowest BCUT2D eigenvalue weighted by atomic mass is 10.1. The van der Waals surface area contributed by atoms with Crippen LogP contribution in [0.2, 0.25) is 0 Å². The maximum Gasteiger partial charge on any atom is 0.344 e. The number of esters is 1. The highest BCUT2D eigenvalue weighted by Crippen LogP contribution is 2.22. The van der Waals surface area contributed by atoms with Gasteiger partial charge in [-0.1, -0.05) is 0 Å². The lowest BCUT2D eigenvalue weighted by Crippen LogP contribution is -2.15. The van der Waals surface area contributed by atoms with Gasteiger partial charge in [-0.2, -0.15) is 5.26 Å². The Kier molecular flexibility index (Phi) is 6.75. The Hall–Kier alpha value is -3.33. The van der Waals surface area contributed by atoms with Crippen molar-refractivity contribution in [2.24, 2.45) is 0 Å². The van der Waals surface area contributed by atoms with E-state index < -0.39 is 5.97 Å². The van der Waals surface area contributed by atoms with Gasteiger partial charge in [-0.05, 0) is 56.3 Å². The van der Waals surface area contributed by atoms with Crippen LogP contribution in [0.15, 0.2) is 42.5 Å². The summed E-state index contributed by atoms with van der Waals surface area (Å²) in [5, 5.41) is 8.74. The molecule has 0 radical (unpaired) electrons. The molecule has 0 spiro atoms. The molecule has 0 fully saturated rings. The van der Waals surface area contributed by atoms with Crippen LogP contribution < -0.4 is 9.47 Å². The maximum atomic E-state index is 11.9. The summed E-state index contributed by atoms with van der Waals surface area (Å²) in [6.45, 7) is 3.49. The number of ketones is 1. The van der Waals surface area contributed by atoms with Crippen molar-refractivity contribution in [2.45, 2.75) is 20.5 Å². The first-order chi connectivity index (χ1) is 12.5. The second-order valence-electron chi connectivity index (χ2n) is 5.40. The lowest BCUT2D eigenvalue weighted by Gasteiger charge is -2.12. The van der Waals surface area contributed by atoms with Crippen LogP contribution >= 0.6 is 0 Å². The zero-order valence-electron chi connectivity index (χ0n) is 14.7. The third-order valence-corrected chi connectivity index (χ3v) is 3.50. The van der Waals surface area contributed by atoms with Gasteiger partial charge in [0.1, 0.15) is 18.1 Å². The standard InChI is InChI=1S/C20H19NO5/c1-3-24-19-9-6-16(14(2)22)10-17(19)12-26-20(23)13-25-18-7-4-15(11-21)5-8-18/h4-10H,3,12-13H2,1-2H3. The average Bonchev–Trinajstić information content (AvgIpc) is 2.66. The van der Waals surface area contributed by atoms with Gasteiger partial charge in [0.2, 0.25) is 0 Å². The van der Waals surface area contributed by atoms with Crippen molar-refractivity contribution >= 4 is 11.8 Å². The number of carbonyl (C=O) groups excluding carboxylic acids is 2. The molecule has 0 bridgehead atoms. The van der Waals surface area contributed by atoms with Crippen LogP contribution in [-0.4, -0.2) is 25.0 Å². The fourth-order valence-electron chi connectivity index (χ4n) is 2.18. The zero-order chi connectivity index (χ0) is 18.9. The second kappa shape index (κ2) is 9.23. The van der Waals surface area contributed by atoms with Crippen molar-refractivity contribution in [3.8, 4) is 17.6 Å². The van der Waals surface area contributed by atoms with Crippen molar-refractivity contribution in [1.29, 1.82) is 5.26 Å². The molecule has 0 N–H and O–H groups in total. The molecule has 0 heterocycles. The lowest BCUT2D eigenvalue weighted by molar-refractivity contribution is -0.147. The molecule has 26 heavy (non-hydrogen) atoms. The molecule has 0 amide bonds. The summed E-state index contributed by atoms with van der Waals surface area (Å²) in [5.74, 6) is 0.405. The first-order valence-electron chi connectivity index (χ1n) is 8.08. The number of benzene rings is 2. The molecule has 0 saturated carbocycles. The summed E-state index contributed by atoms with van der Waals surface area (Å²) in [5.41, 5.74) is 1.65. The van der Waals surface area contributed by atoms with E-state index in [4.69, 9.17) is 19.5 Å². The van der Waals surface area contributed by atoms with E-state index in [2.05, 4.69) is 0 Å². The summed E-state index contributed by atoms with van der Waals surface area (Å²) in [6, 6.07) is 13.4. The van der Waals surface area contributed by atoms with E-state index in [0.29, 0.717) is 34.8 Å². The molecule has 0 aliphatic carbocycles. The first-order valence-corrected chi connectivity index (χ1v) is 8.08. The fourth-order valence-corrected chi connectivity index (χ4v) is 2.18. The number of hydrogen-bond donors (Lipinski definition) is 0. The monoisotopic (exact) mass is 353 g/mol. The van der Waals surface area contributed by atoms with Crippen molar-refractivity contribution in [3.63, 3.8) is 0 Å². The number of nitriles is 1. The fraction of sp³-hybridized carbons (Fsp3) is 0.250. The number of ether oxygens (including phenoxy) is 3. The smallest absolute Gasteiger partial charge is 0.344 e. The Morgan fingerprint density at radius 3 is 2.42 bits per heavy atom. The van der Waals surface area contributed by atoms with E-state index >= 15 is 0 Å². The molecule has 134 valence electrons. The molecular weight excluding hydrogens is 334 g/mol. The number of Topliss-reactive ketones (excluding diaryl/α,β-unsaturated/α-hetero) is 1. The summed E-state index contributed by atoms with van der Waals surface area (Å²) >= 11 is 0. The van der Waals surface area contributed by atoms with Gasteiger partial charge in [-0.25, -0.2) is 4.79 Å². The third-order valence-electron chi connectivity index (χ3n) is 3.50. The molecule has 2 aromatic rings. The molecule has 0 aliphatic rings. The normalized spacial score (nSPS) is 9.88. The van der Waals surface area contributed by atoms with Gasteiger partial charge in [0.05, 0.1) is 18.2 Å². The number of carbonyl (C=O) groups is 2. The van der Waals surface area contributed by atoms with E-state index in [1.165, 1.54) is 6.92 Å². The maximum absolute atomic E-state index is 11.9. The van der Waals surface area contributed by atoms with E-state index in [1.807, 2.05) is 13.0 Å². The van der Waals surface area contributed by atoms with E-state index in [1.54, 1.807) is 42.5 Å². The summed E-state index contributed by atoms with van der Waals surface area (Å²) in [4.78, 5) is 23.4. The molecule has 0 unspecified atom stereocenters. The minimum Gasteiger partial charge on any atom is -0.493 e. The van der Waals surface area contributed by atoms with Gasteiger partial charge >= 0.3 is 5.97 Å². The van der Waals surface area contributed by atoms with Crippen molar-refractivity contribution in [1.82, 2.24) is 0 Å².